The first kappa shape index (κ1) is 19.8. The molecule has 0 bridgehead atoms. The summed E-state index contributed by atoms with van der Waals surface area (Å²) in [5.41, 5.74) is 5.44. The number of imidazole rings is 1. The van der Waals surface area contributed by atoms with Crippen molar-refractivity contribution < 1.29 is 4.79 Å². The molecule has 0 spiro atoms. The van der Waals surface area contributed by atoms with Crippen LogP contribution in [0.4, 0.5) is 11.4 Å². The predicted molar refractivity (Wildman–Crippen MR) is 124 cm³/mol. The van der Waals surface area contributed by atoms with E-state index in [1.165, 1.54) is 5.56 Å². The van der Waals surface area contributed by atoms with Gasteiger partial charge in [0.1, 0.15) is 5.82 Å². The van der Waals surface area contributed by atoms with Crippen molar-refractivity contribution in [3.05, 3.63) is 66.1 Å². The molecule has 1 amide bonds. The van der Waals surface area contributed by atoms with E-state index in [1.807, 2.05) is 17.9 Å². The maximum atomic E-state index is 12.5. The number of amides is 1. The van der Waals surface area contributed by atoms with Crippen molar-refractivity contribution in [2.75, 3.05) is 16.8 Å². The Bertz CT molecular complexity index is 1060. The topological polar surface area (TPSA) is 62.2 Å². The highest BCUT2D eigenvalue weighted by Gasteiger charge is 2.32. The van der Waals surface area contributed by atoms with Crippen LogP contribution in [0, 0.1) is 0 Å². The van der Waals surface area contributed by atoms with E-state index in [9.17, 15) is 4.79 Å². The lowest BCUT2D eigenvalue weighted by atomic mass is 9.91. The number of fused-ring (bicyclic) bond motifs is 2. The monoisotopic (exact) mass is 415 g/mol. The number of aromatic nitrogens is 2. The van der Waals surface area contributed by atoms with Crippen molar-refractivity contribution >= 4 is 17.3 Å². The summed E-state index contributed by atoms with van der Waals surface area (Å²) in [6, 6.07) is 17.1. The zero-order valence-corrected chi connectivity index (χ0v) is 18.1. The molecule has 0 saturated heterocycles. The highest BCUT2D eigenvalue weighted by Crippen LogP contribution is 2.39. The molecule has 1 aromatic heterocycles. The molecular weight excluding hydrogens is 386 g/mol. The first-order valence-electron chi connectivity index (χ1n) is 11.2. The van der Waals surface area contributed by atoms with Gasteiger partial charge in [-0.2, -0.15) is 0 Å². The fraction of sp³-hybridized carbons (Fsp3) is 0.360. The zero-order chi connectivity index (χ0) is 21.4. The van der Waals surface area contributed by atoms with E-state index in [4.69, 9.17) is 4.98 Å². The Hall–Kier alpha value is -3.12. The molecule has 3 heterocycles. The van der Waals surface area contributed by atoms with Crippen LogP contribution >= 0.6 is 0 Å². The maximum Gasteiger partial charge on any atom is 0.226 e. The fourth-order valence-electron chi connectivity index (χ4n) is 4.77. The number of hydrogen-bond donors (Lipinski definition) is 2. The van der Waals surface area contributed by atoms with Gasteiger partial charge in [-0.15, -0.1) is 0 Å². The third kappa shape index (κ3) is 3.72. The van der Waals surface area contributed by atoms with E-state index in [2.05, 4.69) is 70.8 Å². The van der Waals surface area contributed by atoms with Gasteiger partial charge in [0.15, 0.2) is 0 Å². The Morgan fingerprint density at radius 1 is 1.19 bits per heavy atom. The Morgan fingerprint density at radius 2 is 2.00 bits per heavy atom. The summed E-state index contributed by atoms with van der Waals surface area (Å²) in [6.07, 6.45) is 3.55. The molecule has 2 aromatic carbocycles. The number of hydrogen-bond acceptors (Lipinski definition) is 4. The summed E-state index contributed by atoms with van der Waals surface area (Å²) in [6.45, 7) is 6.86. The molecule has 0 fully saturated rings. The molecule has 3 aromatic rings. The van der Waals surface area contributed by atoms with Crippen LogP contribution in [0.2, 0.25) is 0 Å². The van der Waals surface area contributed by atoms with Crippen molar-refractivity contribution in [2.45, 2.75) is 51.9 Å². The van der Waals surface area contributed by atoms with Crippen molar-refractivity contribution in [2.24, 2.45) is 0 Å². The predicted octanol–water partition coefficient (Wildman–Crippen LogP) is 4.34. The van der Waals surface area contributed by atoms with Gasteiger partial charge in [0, 0.05) is 48.7 Å². The molecule has 2 aliphatic rings. The summed E-state index contributed by atoms with van der Waals surface area (Å²) >= 11 is 0. The molecule has 0 aliphatic carbocycles. The Labute approximate surface area is 183 Å². The second-order valence-electron chi connectivity index (χ2n) is 8.45. The van der Waals surface area contributed by atoms with Crippen LogP contribution in [0.15, 0.2) is 54.7 Å². The van der Waals surface area contributed by atoms with E-state index in [0.717, 1.165) is 54.5 Å². The number of carbonyl (C=O) groups is 1. The number of nitrogens with one attached hydrogen (secondary N) is 2. The smallest absolute Gasteiger partial charge is 0.226 e. The second kappa shape index (κ2) is 8.19. The summed E-state index contributed by atoms with van der Waals surface area (Å²) in [5, 5.41) is 7.07. The first-order valence-corrected chi connectivity index (χ1v) is 11.2. The Morgan fingerprint density at radius 3 is 2.77 bits per heavy atom. The number of benzene rings is 2. The van der Waals surface area contributed by atoms with Crippen LogP contribution < -0.4 is 15.5 Å². The minimum Gasteiger partial charge on any atom is -0.378 e. The minimum absolute atomic E-state index is 0.157. The SMILES string of the molecule is CCC(=O)N1c2ccccc2[C@H](Nc2ccc(-c3cn4c(n3)CNCC4)cc2)C[C@@H]1C. The van der Waals surface area contributed by atoms with Crippen molar-refractivity contribution in [3.63, 3.8) is 0 Å². The standard InChI is InChI=1S/C25H29N5O/c1-3-25(31)30-17(2)14-21(20-6-4-5-7-23(20)30)27-19-10-8-18(9-11-19)22-16-29-13-12-26-15-24(29)28-22/h4-11,16-17,21,26-27H,3,12-15H2,1-2H3/t17-,21+/m0/s1. The summed E-state index contributed by atoms with van der Waals surface area (Å²) in [5.74, 6) is 1.28. The molecule has 0 radical (unpaired) electrons. The number of carbonyl (C=O) groups excluding carboxylic acids is 1. The lowest BCUT2D eigenvalue weighted by Crippen LogP contribution is -2.44. The maximum absolute atomic E-state index is 12.5. The Kier molecular flexibility index (Phi) is 5.24. The normalized spacial score (nSPS) is 20.1. The minimum atomic E-state index is 0.157. The van der Waals surface area contributed by atoms with E-state index < -0.39 is 0 Å². The lowest BCUT2D eigenvalue weighted by molar-refractivity contribution is -0.118. The highest BCUT2D eigenvalue weighted by molar-refractivity contribution is 5.95. The van der Waals surface area contributed by atoms with Gasteiger partial charge in [0.05, 0.1) is 18.3 Å². The third-order valence-corrected chi connectivity index (χ3v) is 6.35. The molecular formula is C25H29N5O. The van der Waals surface area contributed by atoms with Gasteiger partial charge in [-0.1, -0.05) is 37.3 Å². The molecule has 2 atom stereocenters. The summed E-state index contributed by atoms with van der Waals surface area (Å²) < 4.78 is 2.24. The number of nitrogens with zero attached hydrogens (tertiary/aromatic N) is 3. The number of anilines is 2. The molecule has 6 heteroatoms. The van der Waals surface area contributed by atoms with Crippen molar-refractivity contribution in [3.8, 4) is 11.3 Å². The van der Waals surface area contributed by atoms with Crippen molar-refractivity contribution in [1.29, 1.82) is 0 Å². The van der Waals surface area contributed by atoms with Crippen LogP contribution in [0.3, 0.4) is 0 Å². The molecule has 5 rings (SSSR count). The molecule has 2 aliphatic heterocycles. The molecule has 2 N–H and O–H groups in total. The van der Waals surface area contributed by atoms with Crippen LogP contribution in [-0.2, 0) is 17.9 Å². The van der Waals surface area contributed by atoms with Crippen LogP contribution in [-0.4, -0.2) is 28.0 Å². The van der Waals surface area contributed by atoms with Gasteiger partial charge in [-0.25, -0.2) is 4.98 Å². The van der Waals surface area contributed by atoms with Gasteiger partial charge in [-0.05, 0) is 37.1 Å². The highest BCUT2D eigenvalue weighted by atomic mass is 16.2. The van der Waals surface area contributed by atoms with E-state index in [0.29, 0.717) is 6.42 Å². The largest absolute Gasteiger partial charge is 0.378 e. The average molecular weight is 416 g/mol. The van der Waals surface area contributed by atoms with E-state index >= 15 is 0 Å². The number of rotatable bonds is 4. The first-order chi connectivity index (χ1) is 15.1. The van der Waals surface area contributed by atoms with Crippen LogP contribution in [0.5, 0.6) is 0 Å². The van der Waals surface area contributed by atoms with Gasteiger partial charge < -0.3 is 20.1 Å². The zero-order valence-electron chi connectivity index (χ0n) is 18.1. The quantitative estimate of drug-likeness (QED) is 0.665. The van der Waals surface area contributed by atoms with Crippen molar-refractivity contribution in [1.82, 2.24) is 14.9 Å². The molecule has 6 nitrogen and oxygen atoms in total. The Balaban J connectivity index is 1.37. The molecule has 0 unspecified atom stereocenters. The van der Waals surface area contributed by atoms with Crippen LogP contribution in [0.25, 0.3) is 11.3 Å². The van der Waals surface area contributed by atoms with Gasteiger partial charge in [-0.3, -0.25) is 4.79 Å². The van der Waals surface area contributed by atoms with Gasteiger partial charge >= 0.3 is 0 Å². The van der Waals surface area contributed by atoms with Gasteiger partial charge in [0.25, 0.3) is 0 Å². The van der Waals surface area contributed by atoms with Crippen LogP contribution in [0.1, 0.15) is 44.1 Å². The summed E-state index contributed by atoms with van der Waals surface area (Å²) in [4.78, 5) is 19.3. The molecule has 31 heavy (non-hydrogen) atoms. The lowest BCUT2D eigenvalue weighted by Gasteiger charge is -2.40. The molecule has 160 valence electrons. The van der Waals surface area contributed by atoms with E-state index in [-0.39, 0.29) is 18.0 Å². The number of para-hydroxylation sites is 1. The van der Waals surface area contributed by atoms with E-state index in [1.54, 1.807) is 0 Å². The molecule has 0 saturated carbocycles. The fourth-order valence-corrected chi connectivity index (χ4v) is 4.77. The third-order valence-electron chi connectivity index (χ3n) is 6.35. The second-order valence-corrected chi connectivity index (χ2v) is 8.45. The summed E-state index contributed by atoms with van der Waals surface area (Å²) in [7, 11) is 0. The average Bonchev–Trinajstić information content (AvgIpc) is 3.23. The van der Waals surface area contributed by atoms with Gasteiger partial charge in [0.2, 0.25) is 5.91 Å².